The second-order valence-electron chi connectivity index (χ2n) is 4.57. The van der Waals surface area contributed by atoms with E-state index in [2.05, 4.69) is 15.3 Å². The maximum atomic E-state index is 12.2. The fourth-order valence-corrected chi connectivity index (χ4v) is 3.46. The van der Waals surface area contributed by atoms with Crippen LogP contribution in [0.25, 0.3) is 11.0 Å². The van der Waals surface area contributed by atoms with E-state index >= 15 is 0 Å². The molecule has 1 aromatic heterocycles. The predicted molar refractivity (Wildman–Crippen MR) is 71.8 cm³/mol. The van der Waals surface area contributed by atoms with Crippen LogP contribution in [0.3, 0.4) is 0 Å². The van der Waals surface area contributed by atoms with E-state index in [1.807, 2.05) is 24.3 Å². The van der Waals surface area contributed by atoms with Crippen LogP contribution in [0, 0.1) is 5.92 Å². The van der Waals surface area contributed by atoms with Crippen LogP contribution in [0.5, 0.6) is 0 Å². The summed E-state index contributed by atoms with van der Waals surface area (Å²) in [5.41, 5.74) is 1.66. The lowest BCUT2D eigenvalue weighted by Gasteiger charge is -2.07. The first kappa shape index (κ1) is 11.7. The Morgan fingerprint density at radius 2 is 2.17 bits per heavy atom. The van der Waals surface area contributed by atoms with Gasteiger partial charge in [0.05, 0.1) is 28.0 Å². The van der Waals surface area contributed by atoms with Crippen molar-refractivity contribution in [1.82, 2.24) is 15.3 Å². The van der Waals surface area contributed by atoms with Crippen molar-refractivity contribution in [2.24, 2.45) is 5.92 Å². The van der Waals surface area contributed by atoms with Crippen molar-refractivity contribution in [2.75, 3.05) is 18.8 Å². The van der Waals surface area contributed by atoms with Gasteiger partial charge >= 0.3 is 0 Å². The van der Waals surface area contributed by atoms with Gasteiger partial charge in [0, 0.05) is 5.75 Å². The number of fused-ring (bicyclic) bond motifs is 1. The molecule has 5 heteroatoms. The van der Waals surface area contributed by atoms with Gasteiger partial charge in [-0.1, -0.05) is 12.1 Å². The van der Waals surface area contributed by atoms with Crippen LogP contribution < -0.4 is 5.32 Å². The summed E-state index contributed by atoms with van der Waals surface area (Å²) in [7, 11) is -1.04. The van der Waals surface area contributed by atoms with Gasteiger partial charge in [0.2, 0.25) is 0 Å². The summed E-state index contributed by atoms with van der Waals surface area (Å²) < 4.78 is 12.2. The molecule has 2 aromatic rings. The molecule has 0 radical (unpaired) electrons. The fourth-order valence-electron chi connectivity index (χ4n) is 2.21. The first-order valence-corrected chi connectivity index (χ1v) is 7.46. The first-order valence-electron chi connectivity index (χ1n) is 6.14. The van der Waals surface area contributed by atoms with Crippen molar-refractivity contribution < 1.29 is 4.21 Å². The number of hydrogen-bond donors (Lipinski definition) is 1. The van der Waals surface area contributed by atoms with E-state index in [4.69, 9.17) is 0 Å². The van der Waals surface area contributed by atoms with Crippen LogP contribution in [0.15, 0.2) is 35.5 Å². The van der Waals surface area contributed by atoms with Gasteiger partial charge in [-0.25, -0.2) is 4.98 Å². The SMILES string of the molecule is O=S(CC1CCNC1)c1cnc2ccccc2n1. The van der Waals surface area contributed by atoms with Crippen LogP contribution in [0.1, 0.15) is 6.42 Å². The highest BCUT2D eigenvalue weighted by Gasteiger charge is 2.19. The van der Waals surface area contributed by atoms with Gasteiger partial charge < -0.3 is 5.32 Å². The van der Waals surface area contributed by atoms with Gasteiger partial charge in [0.1, 0.15) is 5.03 Å². The minimum absolute atomic E-state index is 0.499. The molecule has 1 aliphatic heterocycles. The summed E-state index contributed by atoms with van der Waals surface area (Å²) >= 11 is 0. The number of nitrogens with one attached hydrogen (secondary N) is 1. The van der Waals surface area contributed by atoms with Gasteiger partial charge in [0.15, 0.2) is 0 Å². The van der Waals surface area contributed by atoms with Crippen molar-refractivity contribution in [3.8, 4) is 0 Å². The molecule has 18 heavy (non-hydrogen) atoms. The summed E-state index contributed by atoms with van der Waals surface area (Å²) in [5, 5.41) is 3.89. The number of aromatic nitrogens is 2. The third-order valence-corrected chi connectivity index (χ3v) is 4.65. The predicted octanol–water partition coefficient (Wildman–Crippen LogP) is 1.35. The van der Waals surface area contributed by atoms with Gasteiger partial charge in [-0.15, -0.1) is 0 Å². The standard InChI is InChI=1S/C13H15N3OS/c17-18(9-10-5-6-14-7-10)13-8-15-11-3-1-2-4-12(11)16-13/h1-4,8,10,14H,5-7,9H2. The molecule has 0 aliphatic carbocycles. The molecule has 2 heterocycles. The summed E-state index contributed by atoms with van der Waals surface area (Å²) in [6.45, 7) is 2.00. The fraction of sp³-hybridized carbons (Fsp3) is 0.385. The summed E-state index contributed by atoms with van der Waals surface area (Å²) in [4.78, 5) is 8.74. The van der Waals surface area contributed by atoms with Gasteiger partial charge in [-0.2, -0.15) is 0 Å². The van der Waals surface area contributed by atoms with E-state index in [-0.39, 0.29) is 0 Å². The van der Waals surface area contributed by atoms with Crippen molar-refractivity contribution in [3.63, 3.8) is 0 Å². The molecule has 2 unspecified atom stereocenters. The number of hydrogen-bond acceptors (Lipinski definition) is 4. The highest BCUT2D eigenvalue weighted by Crippen LogP contribution is 2.15. The highest BCUT2D eigenvalue weighted by molar-refractivity contribution is 7.84. The monoisotopic (exact) mass is 261 g/mol. The molecule has 0 amide bonds. The topological polar surface area (TPSA) is 54.9 Å². The van der Waals surface area contributed by atoms with Crippen molar-refractivity contribution in [1.29, 1.82) is 0 Å². The molecule has 3 rings (SSSR count). The molecule has 0 spiro atoms. The molecular formula is C13H15N3OS. The summed E-state index contributed by atoms with van der Waals surface area (Å²) in [5.74, 6) is 1.18. The van der Waals surface area contributed by atoms with Crippen LogP contribution >= 0.6 is 0 Å². The summed E-state index contributed by atoms with van der Waals surface area (Å²) in [6, 6.07) is 7.67. The zero-order valence-corrected chi connectivity index (χ0v) is 10.8. The minimum atomic E-state index is -1.04. The number of nitrogens with zero attached hydrogens (tertiary/aromatic N) is 2. The lowest BCUT2D eigenvalue weighted by molar-refractivity contribution is 0.631. The molecule has 0 saturated carbocycles. The third-order valence-electron chi connectivity index (χ3n) is 3.21. The van der Waals surface area contributed by atoms with E-state index < -0.39 is 10.8 Å². The van der Waals surface area contributed by atoms with Crippen LogP contribution in [0.2, 0.25) is 0 Å². The molecule has 0 bridgehead atoms. The summed E-state index contributed by atoms with van der Waals surface area (Å²) in [6.07, 6.45) is 2.74. The Balaban J connectivity index is 1.82. The van der Waals surface area contributed by atoms with E-state index in [1.165, 1.54) is 0 Å². The maximum Gasteiger partial charge on any atom is 0.146 e. The first-order chi connectivity index (χ1) is 8.83. The van der Waals surface area contributed by atoms with Gasteiger partial charge in [0.25, 0.3) is 0 Å². The Labute approximate surface area is 108 Å². The molecule has 1 aliphatic rings. The molecule has 4 nitrogen and oxygen atoms in total. The quantitative estimate of drug-likeness (QED) is 0.906. The minimum Gasteiger partial charge on any atom is -0.316 e. The molecule has 94 valence electrons. The Kier molecular flexibility index (Phi) is 3.34. The lowest BCUT2D eigenvalue weighted by Crippen LogP contribution is -2.15. The lowest BCUT2D eigenvalue weighted by atomic mass is 10.2. The van der Waals surface area contributed by atoms with Crippen LogP contribution in [-0.2, 0) is 10.8 Å². The zero-order valence-electron chi connectivity index (χ0n) is 10.0. The van der Waals surface area contributed by atoms with E-state index in [1.54, 1.807) is 6.20 Å². The Bertz CT molecular complexity index is 581. The Morgan fingerprint density at radius 1 is 1.33 bits per heavy atom. The van der Waals surface area contributed by atoms with Crippen molar-refractivity contribution >= 4 is 21.8 Å². The highest BCUT2D eigenvalue weighted by atomic mass is 32.2. The number of rotatable bonds is 3. The normalized spacial score (nSPS) is 21.2. The molecule has 1 aromatic carbocycles. The smallest absolute Gasteiger partial charge is 0.146 e. The van der Waals surface area contributed by atoms with Crippen LogP contribution in [0.4, 0.5) is 0 Å². The van der Waals surface area contributed by atoms with Gasteiger partial charge in [-0.05, 0) is 37.6 Å². The van der Waals surface area contributed by atoms with E-state index in [9.17, 15) is 4.21 Å². The zero-order chi connectivity index (χ0) is 12.4. The van der Waals surface area contributed by atoms with E-state index in [0.717, 1.165) is 30.5 Å². The number of para-hydroxylation sites is 2. The Morgan fingerprint density at radius 3 is 2.94 bits per heavy atom. The number of benzene rings is 1. The second kappa shape index (κ2) is 5.12. The molecular weight excluding hydrogens is 246 g/mol. The third kappa shape index (κ3) is 2.42. The van der Waals surface area contributed by atoms with Crippen LogP contribution in [-0.4, -0.2) is 33.0 Å². The molecule has 1 saturated heterocycles. The average Bonchev–Trinajstić information content (AvgIpc) is 2.91. The van der Waals surface area contributed by atoms with Gasteiger partial charge in [-0.3, -0.25) is 9.19 Å². The largest absolute Gasteiger partial charge is 0.316 e. The molecule has 1 fully saturated rings. The Hall–Kier alpha value is -1.33. The molecule has 2 atom stereocenters. The average molecular weight is 261 g/mol. The van der Waals surface area contributed by atoms with Crippen molar-refractivity contribution in [3.05, 3.63) is 30.5 Å². The maximum absolute atomic E-state index is 12.2. The second-order valence-corrected chi connectivity index (χ2v) is 6.01. The van der Waals surface area contributed by atoms with E-state index in [0.29, 0.717) is 16.7 Å². The molecule has 1 N–H and O–H groups in total. The van der Waals surface area contributed by atoms with Crippen molar-refractivity contribution in [2.45, 2.75) is 11.4 Å².